The molecule has 6 nitrogen and oxygen atoms in total. The third-order valence-corrected chi connectivity index (χ3v) is 4.92. The number of hydrogen-bond acceptors (Lipinski definition) is 4. The van der Waals surface area contributed by atoms with Crippen molar-refractivity contribution in [3.63, 3.8) is 0 Å². The number of carbonyl (C=O) groups is 2. The van der Waals surface area contributed by atoms with Gasteiger partial charge in [-0.3, -0.25) is 9.59 Å². The summed E-state index contributed by atoms with van der Waals surface area (Å²) < 4.78 is 11.1. The molecule has 1 saturated heterocycles. The third kappa shape index (κ3) is 3.85. The number of anilines is 1. The average molecular weight is 387 g/mol. The van der Waals surface area contributed by atoms with Crippen LogP contribution in [0.1, 0.15) is 12.0 Å². The van der Waals surface area contributed by atoms with E-state index in [0.29, 0.717) is 42.8 Å². The SMILES string of the molecule is O=C(NCc1cccc(Cl)c1)[C@H]1CC(=O)N(c2ccc3c(c2)OCCO3)C1. The van der Waals surface area contributed by atoms with Crippen LogP contribution in [-0.2, 0) is 16.1 Å². The molecule has 1 N–H and O–H groups in total. The maximum atomic E-state index is 12.5. The van der Waals surface area contributed by atoms with Crippen molar-refractivity contribution in [2.24, 2.45) is 5.92 Å². The molecule has 2 amide bonds. The first kappa shape index (κ1) is 17.7. The van der Waals surface area contributed by atoms with Crippen LogP contribution in [0.3, 0.4) is 0 Å². The largest absolute Gasteiger partial charge is 0.486 e. The number of nitrogens with one attached hydrogen (secondary N) is 1. The Morgan fingerprint density at radius 3 is 2.78 bits per heavy atom. The van der Waals surface area contributed by atoms with E-state index in [2.05, 4.69) is 5.32 Å². The summed E-state index contributed by atoms with van der Waals surface area (Å²) in [6.07, 6.45) is 0.190. The third-order valence-electron chi connectivity index (χ3n) is 4.69. The minimum atomic E-state index is -0.384. The quantitative estimate of drug-likeness (QED) is 0.877. The molecule has 2 heterocycles. The Morgan fingerprint density at radius 2 is 1.96 bits per heavy atom. The maximum absolute atomic E-state index is 12.5. The van der Waals surface area contributed by atoms with Crippen LogP contribution in [0.15, 0.2) is 42.5 Å². The summed E-state index contributed by atoms with van der Waals surface area (Å²) in [5, 5.41) is 3.52. The van der Waals surface area contributed by atoms with Crippen LogP contribution in [0.5, 0.6) is 11.5 Å². The van der Waals surface area contributed by atoms with E-state index in [9.17, 15) is 9.59 Å². The van der Waals surface area contributed by atoms with Gasteiger partial charge in [-0.1, -0.05) is 23.7 Å². The molecule has 7 heteroatoms. The number of carbonyl (C=O) groups excluding carboxylic acids is 2. The number of nitrogens with zero attached hydrogens (tertiary/aromatic N) is 1. The lowest BCUT2D eigenvalue weighted by Crippen LogP contribution is -2.32. The van der Waals surface area contributed by atoms with E-state index in [1.807, 2.05) is 24.3 Å². The first-order chi connectivity index (χ1) is 13.1. The second-order valence-corrected chi connectivity index (χ2v) is 7.02. The molecule has 1 atom stereocenters. The number of rotatable bonds is 4. The Labute approximate surface area is 162 Å². The molecular weight excluding hydrogens is 368 g/mol. The van der Waals surface area contributed by atoms with Gasteiger partial charge in [-0.05, 0) is 29.8 Å². The van der Waals surface area contributed by atoms with Gasteiger partial charge in [-0.25, -0.2) is 0 Å². The van der Waals surface area contributed by atoms with Crippen molar-refractivity contribution in [2.45, 2.75) is 13.0 Å². The van der Waals surface area contributed by atoms with Gasteiger partial charge in [-0.15, -0.1) is 0 Å². The Hall–Kier alpha value is -2.73. The van der Waals surface area contributed by atoms with Gasteiger partial charge in [0.2, 0.25) is 11.8 Å². The zero-order valence-electron chi connectivity index (χ0n) is 14.6. The zero-order chi connectivity index (χ0) is 18.8. The lowest BCUT2D eigenvalue weighted by atomic mass is 10.1. The highest BCUT2D eigenvalue weighted by Gasteiger charge is 2.35. The predicted octanol–water partition coefficient (Wildman–Crippen LogP) is 2.78. The molecule has 140 valence electrons. The number of benzene rings is 2. The first-order valence-corrected chi connectivity index (χ1v) is 9.20. The Bertz CT molecular complexity index is 886. The second kappa shape index (κ2) is 7.48. The standard InChI is InChI=1S/C20H19ClN2O4/c21-15-3-1-2-13(8-15)11-22-20(25)14-9-19(24)23(12-14)16-4-5-17-18(10-16)27-7-6-26-17/h1-5,8,10,14H,6-7,9,11-12H2,(H,22,25)/t14-/m0/s1. The van der Waals surface area contributed by atoms with E-state index in [1.165, 1.54) is 0 Å². The van der Waals surface area contributed by atoms with Gasteiger partial charge in [0.15, 0.2) is 11.5 Å². The van der Waals surface area contributed by atoms with E-state index in [1.54, 1.807) is 23.1 Å². The number of halogens is 1. The van der Waals surface area contributed by atoms with E-state index in [0.717, 1.165) is 11.3 Å². The van der Waals surface area contributed by atoms with Gasteiger partial charge in [0.1, 0.15) is 13.2 Å². The molecule has 4 rings (SSSR count). The highest BCUT2D eigenvalue weighted by molar-refractivity contribution is 6.30. The molecule has 2 aliphatic heterocycles. The molecule has 0 aliphatic carbocycles. The molecule has 2 aliphatic rings. The molecule has 2 aromatic carbocycles. The van der Waals surface area contributed by atoms with Crippen molar-refractivity contribution in [3.05, 3.63) is 53.1 Å². The van der Waals surface area contributed by atoms with E-state index >= 15 is 0 Å². The molecule has 0 saturated carbocycles. The summed E-state index contributed by atoms with van der Waals surface area (Å²) in [6, 6.07) is 12.7. The maximum Gasteiger partial charge on any atom is 0.227 e. The predicted molar refractivity (Wildman–Crippen MR) is 101 cm³/mol. The van der Waals surface area contributed by atoms with Gasteiger partial charge in [0, 0.05) is 36.3 Å². The van der Waals surface area contributed by atoms with E-state index in [-0.39, 0.29) is 24.2 Å². The Balaban J connectivity index is 1.40. The van der Waals surface area contributed by atoms with E-state index in [4.69, 9.17) is 21.1 Å². The number of fused-ring (bicyclic) bond motifs is 1. The van der Waals surface area contributed by atoms with Crippen molar-refractivity contribution in [1.82, 2.24) is 5.32 Å². The van der Waals surface area contributed by atoms with Gasteiger partial charge >= 0.3 is 0 Å². The van der Waals surface area contributed by atoms with Crippen LogP contribution in [-0.4, -0.2) is 31.6 Å². The smallest absolute Gasteiger partial charge is 0.227 e. The zero-order valence-corrected chi connectivity index (χ0v) is 15.4. The van der Waals surface area contributed by atoms with E-state index < -0.39 is 0 Å². The highest BCUT2D eigenvalue weighted by Crippen LogP contribution is 2.36. The molecule has 1 fully saturated rings. The first-order valence-electron chi connectivity index (χ1n) is 8.82. The fourth-order valence-electron chi connectivity index (χ4n) is 3.31. The Kier molecular flexibility index (Phi) is 4.90. The average Bonchev–Trinajstić information content (AvgIpc) is 3.07. The lowest BCUT2D eigenvalue weighted by Gasteiger charge is -2.22. The summed E-state index contributed by atoms with van der Waals surface area (Å²) in [4.78, 5) is 26.6. The van der Waals surface area contributed by atoms with Crippen LogP contribution in [0, 0.1) is 5.92 Å². The molecular formula is C20H19ClN2O4. The fraction of sp³-hybridized carbons (Fsp3) is 0.300. The monoisotopic (exact) mass is 386 g/mol. The summed E-state index contributed by atoms with van der Waals surface area (Å²) in [7, 11) is 0. The summed E-state index contributed by atoms with van der Waals surface area (Å²) in [6.45, 7) is 1.73. The molecule has 2 aromatic rings. The second-order valence-electron chi connectivity index (χ2n) is 6.58. The van der Waals surface area contributed by atoms with Gasteiger partial charge in [-0.2, -0.15) is 0 Å². The lowest BCUT2D eigenvalue weighted by molar-refractivity contribution is -0.126. The van der Waals surface area contributed by atoms with Crippen LogP contribution < -0.4 is 19.7 Å². The van der Waals surface area contributed by atoms with Crippen molar-refractivity contribution >= 4 is 29.1 Å². The molecule has 0 bridgehead atoms. The summed E-state index contributed by atoms with van der Waals surface area (Å²) in [5.74, 6) is 0.704. The van der Waals surface area contributed by atoms with Crippen molar-refractivity contribution in [1.29, 1.82) is 0 Å². The number of hydrogen-bond donors (Lipinski definition) is 1. The van der Waals surface area contributed by atoms with Crippen LogP contribution in [0.2, 0.25) is 5.02 Å². The summed E-state index contributed by atoms with van der Waals surface area (Å²) >= 11 is 5.96. The number of amides is 2. The molecule has 0 radical (unpaired) electrons. The molecule has 0 aromatic heterocycles. The molecule has 27 heavy (non-hydrogen) atoms. The highest BCUT2D eigenvalue weighted by atomic mass is 35.5. The van der Waals surface area contributed by atoms with Crippen molar-refractivity contribution < 1.29 is 19.1 Å². The minimum absolute atomic E-state index is 0.0745. The Morgan fingerprint density at radius 1 is 1.15 bits per heavy atom. The van der Waals surface area contributed by atoms with Crippen LogP contribution in [0.25, 0.3) is 0 Å². The number of ether oxygens (including phenoxy) is 2. The normalized spacial score (nSPS) is 18.5. The topological polar surface area (TPSA) is 67.9 Å². The molecule has 0 spiro atoms. The summed E-state index contributed by atoms with van der Waals surface area (Å²) in [5.41, 5.74) is 1.64. The fourth-order valence-corrected chi connectivity index (χ4v) is 3.53. The van der Waals surface area contributed by atoms with Gasteiger partial charge in [0.05, 0.1) is 5.92 Å². The van der Waals surface area contributed by atoms with Crippen molar-refractivity contribution in [2.75, 3.05) is 24.7 Å². The van der Waals surface area contributed by atoms with Crippen LogP contribution >= 0.6 is 11.6 Å². The van der Waals surface area contributed by atoms with Gasteiger partial charge < -0.3 is 19.7 Å². The van der Waals surface area contributed by atoms with Gasteiger partial charge in [0.25, 0.3) is 0 Å². The van der Waals surface area contributed by atoms with Crippen LogP contribution in [0.4, 0.5) is 5.69 Å². The molecule has 0 unspecified atom stereocenters. The minimum Gasteiger partial charge on any atom is -0.486 e. The van der Waals surface area contributed by atoms with Crippen molar-refractivity contribution in [3.8, 4) is 11.5 Å².